The van der Waals surface area contributed by atoms with Gasteiger partial charge in [0.25, 0.3) is 0 Å². The average Bonchev–Trinajstić information content (AvgIpc) is 2.62. The number of nitrogens with one attached hydrogen (secondary N) is 1. The Morgan fingerprint density at radius 3 is 2.81 bits per heavy atom. The Hall–Kier alpha value is -1.68. The van der Waals surface area contributed by atoms with Crippen LogP contribution >= 0.6 is 0 Å². The van der Waals surface area contributed by atoms with Crippen LogP contribution in [0.5, 0.6) is 0 Å². The van der Waals surface area contributed by atoms with Gasteiger partial charge in [0.2, 0.25) is 0 Å². The molecule has 84 valence electrons. The lowest BCUT2D eigenvalue weighted by atomic mass is 10.1. The molecule has 1 aromatic heterocycles. The number of nitrogens with zero attached hydrogens (tertiary/aromatic N) is 1. The van der Waals surface area contributed by atoms with Gasteiger partial charge in [-0.1, -0.05) is 17.3 Å². The Balaban J connectivity index is 2.45. The lowest BCUT2D eigenvalue weighted by Gasteiger charge is -1.99. The molecule has 0 amide bonds. The molecule has 0 aliphatic heterocycles. The molecule has 0 aliphatic carbocycles. The van der Waals surface area contributed by atoms with Crippen molar-refractivity contribution in [3.63, 3.8) is 0 Å². The Morgan fingerprint density at radius 2 is 2.12 bits per heavy atom. The van der Waals surface area contributed by atoms with Crippen molar-refractivity contribution in [2.45, 2.75) is 13.5 Å². The summed E-state index contributed by atoms with van der Waals surface area (Å²) in [6.45, 7) is 2.49. The van der Waals surface area contributed by atoms with Crippen LogP contribution in [0.1, 0.15) is 11.3 Å². The van der Waals surface area contributed by atoms with Crippen LogP contribution < -0.4 is 5.32 Å². The smallest absolute Gasteiger partial charge is 0.173 e. The molecular weight excluding hydrogens is 207 g/mol. The first-order valence-corrected chi connectivity index (χ1v) is 5.08. The van der Waals surface area contributed by atoms with Gasteiger partial charge < -0.3 is 9.84 Å². The summed E-state index contributed by atoms with van der Waals surface area (Å²) >= 11 is 0. The molecule has 16 heavy (non-hydrogen) atoms. The summed E-state index contributed by atoms with van der Waals surface area (Å²) in [4.78, 5) is 0. The van der Waals surface area contributed by atoms with Gasteiger partial charge in [0.1, 0.15) is 11.5 Å². The van der Waals surface area contributed by atoms with Crippen LogP contribution in [0, 0.1) is 12.7 Å². The average molecular weight is 220 g/mol. The summed E-state index contributed by atoms with van der Waals surface area (Å²) in [6.07, 6.45) is 0. The molecule has 0 bridgehead atoms. The van der Waals surface area contributed by atoms with Gasteiger partial charge in [-0.05, 0) is 26.1 Å². The number of halogens is 1. The highest BCUT2D eigenvalue weighted by Gasteiger charge is 2.15. The van der Waals surface area contributed by atoms with Crippen LogP contribution in [-0.4, -0.2) is 12.2 Å². The van der Waals surface area contributed by atoms with E-state index in [1.165, 1.54) is 6.07 Å². The summed E-state index contributed by atoms with van der Waals surface area (Å²) in [5, 5.41) is 6.91. The lowest BCUT2D eigenvalue weighted by molar-refractivity contribution is 0.419. The summed E-state index contributed by atoms with van der Waals surface area (Å²) < 4.78 is 18.7. The second-order valence-corrected chi connectivity index (χ2v) is 3.59. The summed E-state index contributed by atoms with van der Waals surface area (Å²) in [6, 6.07) is 6.53. The highest BCUT2D eigenvalue weighted by atomic mass is 19.1. The largest absolute Gasteiger partial charge is 0.356 e. The molecule has 2 aromatic rings. The third-order valence-electron chi connectivity index (χ3n) is 2.48. The molecule has 0 saturated carbocycles. The number of benzene rings is 1. The van der Waals surface area contributed by atoms with Crippen molar-refractivity contribution in [1.29, 1.82) is 0 Å². The Kier molecular flexibility index (Phi) is 3.01. The molecule has 4 heteroatoms. The molecule has 0 atom stereocenters. The standard InChI is InChI=1S/C12H13FN2O/c1-8-11(7-14-2)15-16-12(8)9-5-3-4-6-10(9)13/h3-6,14H,7H2,1-2H3. The Morgan fingerprint density at radius 1 is 1.38 bits per heavy atom. The van der Waals surface area contributed by atoms with Crippen molar-refractivity contribution >= 4 is 0 Å². The SMILES string of the molecule is CNCc1noc(-c2ccccc2F)c1C. The minimum Gasteiger partial charge on any atom is -0.356 e. The second kappa shape index (κ2) is 4.45. The van der Waals surface area contributed by atoms with Crippen LogP contribution in [0.3, 0.4) is 0 Å². The van der Waals surface area contributed by atoms with Crippen molar-refractivity contribution in [3.05, 3.63) is 41.3 Å². The molecule has 1 aromatic carbocycles. The van der Waals surface area contributed by atoms with E-state index in [9.17, 15) is 4.39 Å². The van der Waals surface area contributed by atoms with Gasteiger partial charge in [-0.25, -0.2) is 4.39 Å². The van der Waals surface area contributed by atoms with E-state index in [0.29, 0.717) is 17.9 Å². The van der Waals surface area contributed by atoms with Gasteiger partial charge in [0.15, 0.2) is 5.76 Å². The monoisotopic (exact) mass is 220 g/mol. The fraction of sp³-hybridized carbons (Fsp3) is 0.250. The number of hydrogen-bond acceptors (Lipinski definition) is 3. The number of rotatable bonds is 3. The number of hydrogen-bond donors (Lipinski definition) is 1. The molecule has 2 rings (SSSR count). The molecular formula is C12H13FN2O. The first kappa shape index (κ1) is 10.8. The fourth-order valence-electron chi connectivity index (χ4n) is 1.60. The van der Waals surface area contributed by atoms with Gasteiger partial charge in [-0.3, -0.25) is 0 Å². The van der Waals surface area contributed by atoms with Crippen LogP contribution in [-0.2, 0) is 6.54 Å². The molecule has 0 radical (unpaired) electrons. The summed E-state index contributed by atoms with van der Waals surface area (Å²) in [7, 11) is 1.83. The van der Waals surface area contributed by atoms with E-state index in [1.807, 2.05) is 14.0 Å². The molecule has 0 spiro atoms. The van der Waals surface area contributed by atoms with Gasteiger partial charge in [0, 0.05) is 12.1 Å². The highest BCUT2D eigenvalue weighted by Crippen LogP contribution is 2.27. The van der Waals surface area contributed by atoms with E-state index >= 15 is 0 Å². The molecule has 3 nitrogen and oxygen atoms in total. The molecule has 1 heterocycles. The third-order valence-corrected chi connectivity index (χ3v) is 2.48. The van der Waals surface area contributed by atoms with E-state index in [-0.39, 0.29) is 5.82 Å². The van der Waals surface area contributed by atoms with Crippen molar-refractivity contribution < 1.29 is 8.91 Å². The Labute approximate surface area is 93.3 Å². The molecule has 0 saturated heterocycles. The first-order chi connectivity index (χ1) is 7.74. The predicted octanol–water partition coefficient (Wildman–Crippen LogP) is 2.51. The third kappa shape index (κ3) is 1.84. The summed E-state index contributed by atoms with van der Waals surface area (Å²) in [5.41, 5.74) is 2.13. The lowest BCUT2D eigenvalue weighted by Crippen LogP contribution is -2.06. The zero-order chi connectivity index (χ0) is 11.5. The summed E-state index contributed by atoms with van der Waals surface area (Å²) in [5.74, 6) is 0.209. The van der Waals surface area contributed by atoms with E-state index in [2.05, 4.69) is 10.5 Å². The number of aromatic nitrogens is 1. The van der Waals surface area contributed by atoms with Gasteiger partial charge in [-0.2, -0.15) is 0 Å². The van der Waals surface area contributed by atoms with Crippen molar-refractivity contribution in [3.8, 4) is 11.3 Å². The maximum absolute atomic E-state index is 13.5. The Bertz CT molecular complexity index is 494. The quantitative estimate of drug-likeness (QED) is 0.863. The van der Waals surface area contributed by atoms with Crippen LogP contribution in [0.4, 0.5) is 4.39 Å². The minimum absolute atomic E-state index is 0.294. The second-order valence-electron chi connectivity index (χ2n) is 3.59. The van der Waals surface area contributed by atoms with E-state index < -0.39 is 0 Å². The van der Waals surface area contributed by atoms with E-state index in [4.69, 9.17) is 4.52 Å². The van der Waals surface area contributed by atoms with E-state index in [0.717, 1.165) is 11.3 Å². The molecule has 0 fully saturated rings. The zero-order valence-electron chi connectivity index (χ0n) is 9.25. The van der Waals surface area contributed by atoms with Crippen LogP contribution in [0.2, 0.25) is 0 Å². The van der Waals surface area contributed by atoms with Gasteiger partial charge >= 0.3 is 0 Å². The van der Waals surface area contributed by atoms with E-state index in [1.54, 1.807) is 18.2 Å². The van der Waals surface area contributed by atoms with Crippen LogP contribution in [0.15, 0.2) is 28.8 Å². The van der Waals surface area contributed by atoms with Crippen molar-refractivity contribution in [1.82, 2.24) is 10.5 Å². The maximum atomic E-state index is 13.5. The zero-order valence-corrected chi connectivity index (χ0v) is 9.25. The van der Waals surface area contributed by atoms with Crippen LogP contribution in [0.25, 0.3) is 11.3 Å². The minimum atomic E-state index is -0.294. The topological polar surface area (TPSA) is 38.1 Å². The van der Waals surface area contributed by atoms with Gasteiger partial charge in [-0.15, -0.1) is 0 Å². The fourth-order valence-corrected chi connectivity index (χ4v) is 1.60. The van der Waals surface area contributed by atoms with Gasteiger partial charge in [0.05, 0.1) is 5.56 Å². The maximum Gasteiger partial charge on any atom is 0.173 e. The molecule has 1 N–H and O–H groups in total. The van der Waals surface area contributed by atoms with Crippen molar-refractivity contribution in [2.75, 3.05) is 7.05 Å². The highest BCUT2D eigenvalue weighted by molar-refractivity contribution is 5.62. The van der Waals surface area contributed by atoms with Crippen molar-refractivity contribution in [2.24, 2.45) is 0 Å². The molecule has 0 unspecified atom stereocenters. The first-order valence-electron chi connectivity index (χ1n) is 5.08. The normalized spacial score (nSPS) is 10.7. The predicted molar refractivity (Wildman–Crippen MR) is 59.4 cm³/mol. The molecule has 0 aliphatic rings.